The molecule has 0 saturated carbocycles. The Hall–Kier alpha value is -13.4. The van der Waals surface area contributed by atoms with Crippen LogP contribution < -0.4 is 0 Å². The van der Waals surface area contributed by atoms with E-state index in [2.05, 4.69) is 106 Å². The average molecular weight is 1880 g/mol. The van der Waals surface area contributed by atoms with Crippen LogP contribution in [0.1, 0.15) is 117 Å². The maximum Gasteiger partial charge on any atom is 0.339 e. The van der Waals surface area contributed by atoms with Crippen molar-refractivity contribution in [3.63, 3.8) is 0 Å². The fourth-order valence-electron chi connectivity index (χ4n) is 17.7. The van der Waals surface area contributed by atoms with E-state index in [1.807, 2.05) is 142 Å². The highest BCUT2D eigenvalue weighted by molar-refractivity contribution is 9.10. The second kappa shape index (κ2) is 44.2. The van der Waals surface area contributed by atoms with Gasteiger partial charge in [-0.05, 0) is 161 Å². The number of esters is 3. The van der Waals surface area contributed by atoms with Crippen molar-refractivity contribution in [1.29, 1.82) is 0 Å². The molecule has 34 heteroatoms. The van der Waals surface area contributed by atoms with Gasteiger partial charge in [-0.25, -0.2) is 62.3 Å². The van der Waals surface area contributed by atoms with E-state index in [0.717, 1.165) is 238 Å². The van der Waals surface area contributed by atoms with Gasteiger partial charge in [0.25, 0.3) is 0 Å². The Balaban J connectivity index is 0.000000129. The van der Waals surface area contributed by atoms with Gasteiger partial charge >= 0.3 is 17.9 Å². The minimum absolute atomic E-state index is 0.112. The van der Waals surface area contributed by atoms with Crippen molar-refractivity contribution in [2.45, 2.75) is 97.9 Å². The first-order valence-corrected chi connectivity index (χ1v) is 46.2. The number of carbonyl (C=O) groups is 7. The van der Waals surface area contributed by atoms with Gasteiger partial charge in [0.05, 0.1) is 76.7 Å². The summed E-state index contributed by atoms with van der Waals surface area (Å²) in [5.74, 6) is -0.626. The van der Waals surface area contributed by atoms with Crippen LogP contribution in [0.15, 0.2) is 201 Å². The summed E-state index contributed by atoms with van der Waals surface area (Å²) in [4.78, 5) is 123. The number of hydrogen-bond donors (Lipinski definition) is 0. The molecule has 0 atom stereocenters. The molecule has 4 amide bonds. The first kappa shape index (κ1) is 92.9. The summed E-state index contributed by atoms with van der Waals surface area (Å²) in [7, 11) is 0. The Bertz CT molecular complexity index is 6100. The molecule has 0 bridgehead atoms. The summed E-state index contributed by atoms with van der Waals surface area (Å²) in [6.45, 7) is 28.5. The zero-order chi connectivity index (χ0) is 92.3. The third kappa shape index (κ3) is 23.6. The molecular formula is C99H104BrClFN21O10. The number of hydrogen-bond acceptors (Lipinski definition) is 22. The zero-order valence-corrected chi connectivity index (χ0v) is 76.8. The van der Waals surface area contributed by atoms with Crippen molar-refractivity contribution >= 4 is 74.8 Å². The van der Waals surface area contributed by atoms with Gasteiger partial charge in [0.2, 0.25) is 29.3 Å². The Kier molecular flexibility index (Phi) is 30.9. The van der Waals surface area contributed by atoms with Crippen LogP contribution in [0.2, 0.25) is 5.02 Å². The fourth-order valence-corrected chi connectivity index (χ4v) is 18.6. The highest BCUT2D eigenvalue weighted by atomic mass is 79.9. The van der Waals surface area contributed by atoms with Gasteiger partial charge in [0.15, 0.2) is 0 Å². The average Bonchev–Trinajstić information content (AvgIpc) is 1.66. The first-order chi connectivity index (χ1) is 64.8. The lowest BCUT2D eigenvalue weighted by Gasteiger charge is -2.35. The van der Waals surface area contributed by atoms with Crippen molar-refractivity contribution in [1.82, 2.24) is 98.3 Å². The van der Waals surface area contributed by atoms with Gasteiger partial charge in [0.1, 0.15) is 76.3 Å². The number of piperazine rings is 4. The molecular weight excluding hydrogens is 1780 g/mol. The van der Waals surface area contributed by atoms with Gasteiger partial charge in [0, 0.05) is 152 Å². The standard InChI is InChI=1S/C27H31N5O3.C25H27N5O3.C24H24BrN5O3.C23H22ClFN6O/c1-2-3-23-21(6-9-24-25(23)17-35-27(24)34)10-11-30-12-14-31(15-13-30)26(33)16-20-4-7-22(8-5-20)32-19-28-18-29-32;1-18-12-20(13-21-15-33-25(32)24(18)21)6-7-28-8-10-29(11-9-28)23(31)14-19-2-4-22(5-3-19)30-17-26-16-27-30;25-23-18(3-6-20-21(23)14-33-24(20)32)7-8-28-9-11-29(12-10-28)22(31)13-17-1-4-19(5-2-17)30-16-26-15-27-30;1-26-23-20(25)7-4-18(22(23)24)8-9-29-10-12-30(13-11-29)21(32)14-17-2-5-19(6-3-17)31-16-27-15-28-31/h4-9,18-19H,2-3,10-17H2,1H3;2-5,12-13,16-17H,6-11,14-15H2,1H3;1-6,15-16H,7-14H2;2-7,15-16H,8-14H2. The Labute approximate surface area is 784 Å². The van der Waals surface area contributed by atoms with Crippen LogP contribution in [0.25, 0.3) is 27.6 Å². The summed E-state index contributed by atoms with van der Waals surface area (Å²) in [5, 5.41) is 16.7. The summed E-state index contributed by atoms with van der Waals surface area (Å²) in [6.07, 6.45) is 19.6. The van der Waals surface area contributed by atoms with E-state index < -0.39 is 5.82 Å². The maximum absolute atomic E-state index is 13.6. The van der Waals surface area contributed by atoms with Gasteiger partial charge in [-0.15, -0.1) is 0 Å². The quantitative estimate of drug-likeness (QED) is 0.0276. The summed E-state index contributed by atoms with van der Waals surface area (Å²) < 4.78 is 36.9. The monoisotopic (exact) mass is 1880 g/mol. The maximum atomic E-state index is 13.6. The molecule has 31 nitrogen and oxygen atoms in total. The third-order valence-electron chi connectivity index (χ3n) is 25.4. The molecule has 133 heavy (non-hydrogen) atoms. The van der Waals surface area contributed by atoms with Crippen molar-refractivity contribution in [2.24, 2.45) is 0 Å². The van der Waals surface area contributed by atoms with Crippen molar-refractivity contribution in [3.05, 3.63) is 312 Å². The Morgan fingerprint density at radius 1 is 0.414 bits per heavy atom. The molecule has 0 N–H and O–H groups in total. The van der Waals surface area contributed by atoms with Crippen LogP contribution in [0.5, 0.6) is 0 Å². The number of amides is 4. The smallest absolute Gasteiger partial charge is 0.339 e. The normalized spacial score (nSPS) is 15.6. The van der Waals surface area contributed by atoms with Crippen LogP contribution in [-0.4, -0.2) is 271 Å². The van der Waals surface area contributed by atoms with E-state index in [4.69, 9.17) is 32.4 Å². The van der Waals surface area contributed by atoms with E-state index in [1.54, 1.807) is 50.1 Å². The molecule has 4 fully saturated rings. The van der Waals surface area contributed by atoms with Gasteiger partial charge < -0.3 is 33.8 Å². The molecule has 12 aromatic rings. The largest absolute Gasteiger partial charge is 0.457 e. The topological polar surface area (TPSA) is 300 Å². The second-order valence-electron chi connectivity index (χ2n) is 33.8. The SMILES string of the molecule is CCCc1c(CCN2CCN(C(=O)Cc3ccc(-n4cncn4)cc3)CC2)ccc2c1COC2=O.Cc1cc(CCN2CCN(C(=O)Cc3ccc(-n4cncn4)cc3)CC2)cc2c1C(=O)OC2.O=C1OCc2c1ccc(CCN1CCN(C(=O)Cc3ccc(-n4cncn4)cc3)CC1)c2Br.[C-]#[N+]c1c(F)ccc(CCN2CCN(C(=O)Cc3ccc(-n4cncn4)cc3)CC2)c1Cl. The number of ether oxygens (including phenoxy) is 3. The van der Waals surface area contributed by atoms with Crippen LogP contribution in [0.4, 0.5) is 10.1 Å². The Morgan fingerprint density at radius 2 is 0.759 bits per heavy atom. The fraction of sp³-hybridized carbons (Fsp3) is 0.354. The number of aryl methyl sites for hydroxylation is 1. The number of cyclic esters (lactones) is 3. The summed E-state index contributed by atoms with van der Waals surface area (Å²) >= 11 is 9.83. The highest BCUT2D eigenvalue weighted by Gasteiger charge is 2.32. The minimum Gasteiger partial charge on any atom is -0.457 e. The van der Waals surface area contributed by atoms with Gasteiger partial charge in [-0.2, -0.15) is 20.4 Å². The van der Waals surface area contributed by atoms with Crippen LogP contribution in [0, 0.1) is 19.3 Å². The molecule has 0 radical (unpaired) electrons. The van der Waals surface area contributed by atoms with Gasteiger partial charge in [-0.3, -0.25) is 38.8 Å². The molecule has 7 aliphatic rings. The van der Waals surface area contributed by atoms with Crippen molar-refractivity contribution in [3.8, 4) is 22.7 Å². The molecule has 0 spiro atoms. The first-order valence-electron chi connectivity index (χ1n) is 45.0. The number of rotatable bonds is 26. The van der Waals surface area contributed by atoms with Crippen LogP contribution in [0.3, 0.4) is 0 Å². The van der Waals surface area contributed by atoms with E-state index in [-0.39, 0.29) is 52.2 Å². The van der Waals surface area contributed by atoms with Crippen LogP contribution >= 0.6 is 27.5 Å². The molecule has 686 valence electrons. The van der Waals surface area contributed by atoms with E-state index in [9.17, 15) is 38.0 Å². The number of carbonyl (C=O) groups excluding carboxylic acids is 7. The number of aromatic nitrogens is 12. The molecule has 11 heterocycles. The summed E-state index contributed by atoms with van der Waals surface area (Å²) in [5.41, 5.74) is 19.5. The number of benzene rings is 8. The summed E-state index contributed by atoms with van der Waals surface area (Å²) in [6, 6.07) is 46.3. The highest BCUT2D eigenvalue weighted by Crippen LogP contribution is 2.35. The second-order valence-corrected chi connectivity index (χ2v) is 35.0. The van der Waals surface area contributed by atoms with E-state index in [0.29, 0.717) is 70.6 Å². The lowest BCUT2D eigenvalue weighted by atomic mass is 9.92. The van der Waals surface area contributed by atoms with Crippen molar-refractivity contribution in [2.75, 3.05) is 131 Å². The zero-order valence-electron chi connectivity index (χ0n) is 74.4. The molecule has 7 aliphatic heterocycles. The van der Waals surface area contributed by atoms with Crippen molar-refractivity contribution < 1.29 is 52.2 Å². The molecule has 0 aliphatic carbocycles. The molecule has 4 saturated heterocycles. The third-order valence-corrected chi connectivity index (χ3v) is 26.8. The number of nitrogens with zero attached hydrogens (tertiary/aromatic N) is 21. The minimum atomic E-state index is -0.589. The van der Waals surface area contributed by atoms with Crippen LogP contribution in [-0.2, 0) is 111 Å². The predicted molar refractivity (Wildman–Crippen MR) is 498 cm³/mol. The lowest BCUT2D eigenvalue weighted by Crippen LogP contribution is -2.49. The van der Waals surface area contributed by atoms with E-state index in [1.165, 1.54) is 53.6 Å². The molecule has 0 unspecified atom stereocenters. The number of halogens is 3. The number of fused-ring (bicyclic) bond motifs is 3. The molecule has 4 aromatic heterocycles. The lowest BCUT2D eigenvalue weighted by molar-refractivity contribution is -0.133. The van der Waals surface area contributed by atoms with Gasteiger partial charge in [-0.1, -0.05) is 120 Å². The molecule has 8 aromatic carbocycles. The Morgan fingerprint density at radius 3 is 1.14 bits per heavy atom. The predicted octanol–water partition coefficient (Wildman–Crippen LogP) is 11.2. The van der Waals surface area contributed by atoms with E-state index >= 15 is 0 Å². The molecule has 19 rings (SSSR count).